The molecule has 1 aliphatic heterocycles. The number of methoxy groups -OCH3 is 1. The van der Waals surface area contributed by atoms with E-state index < -0.39 is 93.3 Å². The summed E-state index contributed by atoms with van der Waals surface area (Å²) in [6, 6.07) is 0. The first-order valence-electron chi connectivity index (χ1n) is 19.6. The monoisotopic (exact) mass is 851 g/mol. The Kier molecular flexibility index (Phi) is 24.5. The van der Waals surface area contributed by atoms with Crippen LogP contribution in [0.25, 0.3) is 0 Å². The zero-order valence-corrected chi connectivity index (χ0v) is 33.0. The number of nitrogens with one attached hydrogen (secondary N) is 1. The van der Waals surface area contributed by atoms with Crippen molar-refractivity contribution in [3.63, 3.8) is 0 Å². The van der Waals surface area contributed by atoms with Crippen molar-refractivity contribution in [2.24, 2.45) is 5.92 Å². The van der Waals surface area contributed by atoms with E-state index in [0.29, 0.717) is 25.2 Å². The summed E-state index contributed by atoms with van der Waals surface area (Å²) in [5.41, 5.74) is 0. The number of amides is 1. The molecule has 11 nitrogen and oxygen atoms in total. The SMILES string of the molecule is COC1OC(COCO)CC(OCOCO)C1OSC(F)(F)C(F)(F)OC(F)(F)C(F)(F)CCCCCCCCCCCCCCCCC(=O)NCC1CCC1. The van der Waals surface area contributed by atoms with E-state index in [9.17, 15) is 39.9 Å². The van der Waals surface area contributed by atoms with Crippen molar-refractivity contribution in [3.8, 4) is 0 Å². The molecular weight excluding hydrogens is 790 g/mol. The van der Waals surface area contributed by atoms with E-state index in [0.717, 1.165) is 77.9 Å². The van der Waals surface area contributed by atoms with Gasteiger partial charge in [-0.05, 0) is 31.6 Å². The number of carbonyl (C=O) groups excluding carboxylic acids is 1. The van der Waals surface area contributed by atoms with Crippen LogP contribution in [0.3, 0.4) is 0 Å². The van der Waals surface area contributed by atoms with E-state index >= 15 is 0 Å². The van der Waals surface area contributed by atoms with E-state index in [1.165, 1.54) is 19.3 Å². The highest BCUT2D eigenvalue weighted by Crippen LogP contribution is 2.51. The molecule has 332 valence electrons. The van der Waals surface area contributed by atoms with Crippen LogP contribution < -0.4 is 5.32 Å². The molecule has 0 spiro atoms. The Balaban J connectivity index is 1.63. The number of aliphatic hydroxyl groups excluding tert-OH is 2. The summed E-state index contributed by atoms with van der Waals surface area (Å²) in [5, 5.41) is 15.1. The highest BCUT2D eigenvalue weighted by atomic mass is 32.2. The van der Waals surface area contributed by atoms with Crippen molar-refractivity contribution in [3.05, 3.63) is 0 Å². The molecule has 0 aromatic rings. The second kappa shape index (κ2) is 26.9. The summed E-state index contributed by atoms with van der Waals surface area (Å²) >= 11 is -1.33. The van der Waals surface area contributed by atoms with Crippen LogP contribution in [0.2, 0.25) is 0 Å². The van der Waals surface area contributed by atoms with Gasteiger partial charge >= 0.3 is 23.4 Å². The third-order valence-electron chi connectivity index (χ3n) is 9.78. The normalized spacial score (nSPS) is 21.3. The fraction of sp³-hybridized carbons (Fsp3) is 0.972. The third kappa shape index (κ3) is 18.9. The summed E-state index contributed by atoms with van der Waals surface area (Å²) in [4.78, 5) is 11.8. The average molecular weight is 852 g/mol. The maximum Gasteiger partial charge on any atom is 0.436 e. The molecule has 4 unspecified atom stereocenters. The minimum Gasteiger partial charge on any atom is -0.371 e. The molecule has 1 aliphatic carbocycles. The lowest BCUT2D eigenvalue weighted by molar-refractivity contribution is -0.456. The van der Waals surface area contributed by atoms with Crippen LogP contribution in [0.4, 0.5) is 35.1 Å². The van der Waals surface area contributed by atoms with Gasteiger partial charge in [-0.1, -0.05) is 83.5 Å². The fourth-order valence-electron chi connectivity index (χ4n) is 6.22. The second-order valence-corrected chi connectivity index (χ2v) is 15.2. The third-order valence-corrected chi connectivity index (χ3v) is 10.5. The zero-order chi connectivity index (χ0) is 41.5. The van der Waals surface area contributed by atoms with Crippen LogP contribution in [0.15, 0.2) is 0 Å². The van der Waals surface area contributed by atoms with Gasteiger partial charge < -0.3 is 39.2 Å². The first-order valence-corrected chi connectivity index (χ1v) is 20.3. The number of alkyl halides is 8. The number of carbonyl (C=O) groups is 1. The van der Waals surface area contributed by atoms with E-state index in [1.807, 2.05) is 0 Å². The highest BCUT2D eigenvalue weighted by molar-refractivity contribution is 7.95. The van der Waals surface area contributed by atoms with Gasteiger partial charge in [0.1, 0.15) is 26.5 Å². The molecule has 0 aromatic heterocycles. The Morgan fingerprint density at radius 2 is 1.34 bits per heavy atom. The molecule has 3 N–H and O–H groups in total. The molecule has 0 radical (unpaired) electrons. The summed E-state index contributed by atoms with van der Waals surface area (Å²) in [7, 11) is 1.04. The Bertz CT molecular complexity index is 1050. The quantitative estimate of drug-likeness (QED) is 0.0249. The first-order chi connectivity index (χ1) is 26.6. The van der Waals surface area contributed by atoms with E-state index in [-0.39, 0.29) is 25.4 Å². The van der Waals surface area contributed by atoms with Crippen molar-refractivity contribution in [2.75, 3.05) is 40.6 Å². The van der Waals surface area contributed by atoms with Gasteiger partial charge in [0.25, 0.3) is 0 Å². The number of ether oxygens (including phenoxy) is 6. The van der Waals surface area contributed by atoms with Gasteiger partial charge in [0.05, 0.1) is 30.9 Å². The molecule has 20 heteroatoms. The maximum absolute atomic E-state index is 14.6. The molecule has 2 aliphatic rings. The molecule has 1 saturated carbocycles. The Morgan fingerprint density at radius 3 is 1.86 bits per heavy atom. The molecule has 0 bridgehead atoms. The van der Waals surface area contributed by atoms with Crippen molar-refractivity contribution < 1.29 is 82.7 Å². The standard InChI is InChI=1S/C36H61F8NO10S/c1-49-32-31(29(52-26-51-25-47)21-28(53-32)23-50-24-46)54-56-36(43,44)35(41,42)55-34(39,40)33(37,38)20-15-13-11-9-7-5-3-2-4-6-8-10-12-14-19-30(48)45-22-27-17-16-18-27/h27-29,31-32,46-47H,2-26H2,1H3,(H,45,48). The zero-order valence-electron chi connectivity index (χ0n) is 32.2. The van der Waals surface area contributed by atoms with Crippen LogP contribution in [0.5, 0.6) is 0 Å². The van der Waals surface area contributed by atoms with Crippen LogP contribution in [-0.4, -0.2) is 105 Å². The largest absolute Gasteiger partial charge is 0.436 e. The van der Waals surface area contributed by atoms with Gasteiger partial charge in [0, 0.05) is 32.9 Å². The van der Waals surface area contributed by atoms with Crippen LogP contribution in [0, 0.1) is 5.92 Å². The number of hydrogen-bond donors (Lipinski definition) is 3. The number of hydrogen-bond acceptors (Lipinski definition) is 11. The fourth-order valence-corrected chi connectivity index (χ4v) is 6.80. The van der Waals surface area contributed by atoms with Crippen molar-refractivity contribution in [1.82, 2.24) is 5.32 Å². The van der Waals surface area contributed by atoms with Crippen molar-refractivity contribution >= 4 is 17.9 Å². The second-order valence-electron chi connectivity index (χ2n) is 14.3. The first kappa shape index (κ1) is 51.0. The lowest BCUT2D eigenvalue weighted by Crippen LogP contribution is -2.54. The summed E-state index contributed by atoms with van der Waals surface area (Å²) in [6.07, 6.45) is -4.21. The van der Waals surface area contributed by atoms with E-state index in [2.05, 4.69) is 14.8 Å². The van der Waals surface area contributed by atoms with Gasteiger partial charge in [-0.2, -0.15) is 35.1 Å². The molecule has 4 atom stereocenters. The molecule has 2 fully saturated rings. The number of aliphatic hydroxyl groups is 2. The number of halogens is 8. The van der Waals surface area contributed by atoms with Gasteiger partial charge in [-0.15, -0.1) is 0 Å². The molecule has 2 rings (SSSR count). The minimum atomic E-state index is -6.13. The topological polar surface area (TPSA) is 134 Å². The number of rotatable bonds is 34. The summed E-state index contributed by atoms with van der Waals surface area (Å²) in [6.45, 7) is -1.57. The Hall–Kier alpha value is -1.10. The molecule has 56 heavy (non-hydrogen) atoms. The summed E-state index contributed by atoms with van der Waals surface area (Å²) in [5.74, 6) is -4.38. The van der Waals surface area contributed by atoms with Gasteiger partial charge in [0.2, 0.25) is 5.91 Å². The maximum atomic E-state index is 14.6. The molecular formula is C36H61F8NO10S. The number of unbranched alkanes of at least 4 members (excludes halogenated alkanes) is 13. The smallest absolute Gasteiger partial charge is 0.371 e. The van der Waals surface area contributed by atoms with E-state index in [4.69, 9.17) is 33.3 Å². The van der Waals surface area contributed by atoms with Crippen LogP contribution >= 0.6 is 12.0 Å². The Morgan fingerprint density at radius 1 is 0.786 bits per heavy atom. The minimum absolute atomic E-state index is 0.105. The van der Waals surface area contributed by atoms with Crippen LogP contribution in [-0.2, 0) is 37.4 Å². The van der Waals surface area contributed by atoms with Crippen LogP contribution in [0.1, 0.15) is 128 Å². The molecule has 1 saturated heterocycles. The molecule has 1 amide bonds. The summed E-state index contributed by atoms with van der Waals surface area (Å²) < 4.78 is 148. The highest BCUT2D eigenvalue weighted by Gasteiger charge is 2.70. The van der Waals surface area contributed by atoms with Crippen molar-refractivity contribution in [2.45, 2.75) is 176 Å². The molecule has 1 heterocycles. The molecule has 0 aromatic carbocycles. The van der Waals surface area contributed by atoms with E-state index in [1.54, 1.807) is 0 Å². The lowest BCUT2D eigenvalue weighted by Gasteiger charge is -2.40. The lowest BCUT2D eigenvalue weighted by atomic mass is 9.85. The predicted molar refractivity (Wildman–Crippen MR) is 189 cm³/mol. The van der Waals surface area contributed by atoms with Gasteiger partial charge in [-0.25, -0.2) is 4.74 Å². The average Bonchev–Trinajstić information content (AvgIpc) is 3.11. The van der Waals surface area contributed by atoms with Gasteiger partial charge in [0.15, 0.2) is 6.29 Å². The Labute approximate surface area is 328 Å². The predicted octanol–water partition coefficient (Wildman–Crippen LogP) is 8.64. The van der Waals surface area contributed by atoms with Crippen molar-refractivity contribution in [1.29, 1.82) is 0 Å². The van der Waals surface area contributed by atoms with Gasteiger partial charge in [-0.3, -0.25) is 8.98 Å².